The summed E-state index contributed by atoms with van der Waals surface area (Å²) in [6, 6.07) is 0. The van der Waals surface area contributed by atoms with Gasteiger partial charge >= 0.3 is 5.97 Å². The Bertz CT molecular complexity index is 163. The first-order valence-electron chi connectivity index (χ1n) is 3.52. The quantitative estimate of drug-likeness (QED) is 0.662. The molecule has 1 N–H and O–H groups in total. The lowest BCUT2D eigenvalue weighted by molar-refractivity contribution is -0.152. The molecule has 3 nitrogen and oxygen atoms in total. The van der Waals surface area contributed by atoms with Gasteiger partial charge in [-0.1, -0.05) is 0 Å². The van der Waals surface area contributed by atoms with Crippen molar-refractivity contribution in [3.63, 3.8) is 0 Å². The Kier molecular flexibility index (Phi) is 2.44. The van der Waals surface area contributed by atoms with E-state index in [1.807, 2.05) is 13.2 Å². The number of aliphatic carboxylic acids is 1. The molecule has 0 radical (unpaired) electrons. The van der Waals surface area contributed by atoms with Crippen molar-refractivity contribution in [3.05, 3.63) is 0 Å². The molecule has 0 saturated heterocycles. The minimum atomic E-state index is -0.702. The highest BCUT2D eigenvalue weighted by Crippen LogP contribution is 2.42. The molecule has 0 aromatic heterocycles. The first kappa shape index (κ1) is 8.87. The van der Waals surface area contributed by atoms with Crippen LogP contribution in [0.4, 0.5) is 0 Å². The monoisotopic (exact) mass is 176 g/mol. The van der Waals surface area contributed by atoms with Gasteiger partial charge in [0.15, 0.2) is 0 Å². The van der Waals surface area contributed by atoms with Crippen LogP contribution in [0.15, 0.2) is 0 Å². The minimum absolute atomic E-state index is 0.188. The topological polar surface area (TPSA) is 46.5 Å². The second-order valence-electron chi connectivity index (χ2n) is 3.14. The second-order valence-corrected chi connectivity index (χ2v) is 3.64. The van der Waals surface area contributed by atoms with E-state index in [0.717, 1.165) is 0 Å². The fraction of sp³-hybridized carbons (Fsp3) is 0.857. The van der Waals surface area contributed by atoms with Crippen molar-refractivity contribution in [1.29, 1.82) is 0 Å². The molecule has 0 spiro atoms. The third kappa shape index (κ3) is 1.87. The van der Waals surface area contributed by atoms with Gasteiger partial charge < -0.3 is 9.29 Å². The SMILES string of the molecule is CSOC1(C)CC(C(=O)O)C1. The molecule has 0 aromatic carbocycles. The molecule has 0 aromatic rings. The van der Waals surface area contributed by atoms with Crippen molar-refractivity contribution in [2.45, 2.75) is 25.4 Å². The maximum Gasteiger partial charge on any atom is 0.306 e. The summed E-state index contributed by atoms with van der Waals surface area (Å²) in [6.45, 7) is 1.95. The number of carboxylic acids is 1. The normalized spacial score (nSPS) is 36.4. The maximum absolute atomic E-state index is 10.4. The molecule has 0 aliphatic heterocycles. The molecule has 1 saturated carbocycles. The van der Waals surface area contributed by atoms with Crippen molar-refractivity contribution < 1.29 is 14.1 Å². The van der Waals surface area contributed by atoms with E-state index in [2.05, 4.69) is 0 Å². The largest absolute Gasteiger partial charge is 0.481 e. The van der Waals surface area contributed by atoms with E-state index in [1.54, 1.807) is 0 Å². The third-order valence-corrected chi connectivity index (χ3v) is 2.56. The Morgan fingerprint density at radius 1 is 1.73 bits per heavy atom. The molecule has 1 fully saturated rings. The highest BCUT2D eigenvalue weighted by Gasteiger charge is 2.45. The molecule has 11 heavy (non-hydrogen) atoms. The van der Waals surface area contributed by atoms with Crippen LogP contribution in [0.2, 0.25) is 0 Å². The summed E-state index contributed by atoms with van der Waals surface area (Å²) in [5, 5.41) is 8.57. The first-order chi connectivity index (χ1) is 5.07. The van der Waals surface area contributed by atoms with Crippen LogP contribution in [0.25, 0.3) is 0 Å². The molecular weight excluding hydrogens is 164 g/mol. The lowest BCUT2D eigenvalue weighted by Gasteiger charge is -2.41. The molecule has 4 heteroatoms. The molecular formula is C7H12O3S. The van der Waals surface area contributed by atoms with E-state index < -0.39 is 5.97 Å². The molecule has 1 aliphatic carbocycles. The lowest BCUT2D eigenvalue weighted by atomic mass is 9.72. The zero-order valence-electron chi connectivity index (χ0n) is 6.66. The van der Waals surface area contributed by atoms with Crippen molar-refractivity contribution in [3.8, 4) is 0 Å². The highest BCUT2D eigenvalue weighted by molar-refractivity contribution is 7.93. The molecule has 0 atom stereocenters. The van der Waals surface area contributed by atoms with E-state index in [9.17, 15) is 4.79 Å². The van der Waals surface area contributed by atoms with Crippen LogP contribution in [0.1, 0.15) is 19.8 Å². The molecule has 0 amide bonds. The number of hydrogen-bond donors (Lipinski definition) is 1. The van der Waals surface area contributed by atoms with E-state index in [-0.39, 0.29) is 11.5 Å². The van der Waals surface area contributed by atoms with Gasteiger partial charge in [-0.2, -0.15) is 0 Å². The van der Waals surface area contributed by atoms with E-state index in [4.69, 9.17) is 9.29 Å². The fourth-order valence-corrected chi connectivity index (χ4v) is 1.96. The van der Waals surface area contributed by atoms with Gasteiger partial charge in [-0.3, -0.25) is 4.79 Å². The van der Waals surface area contributed by atoms with Gasteiger partial charge in [-0.25, -0.2) is 0 Å². The number of hydrogen-bond acceptors (Lipinski definition) is 3. The molecule has 0 heterocycles. The van der Waals surface area contributed by atoms with E-state index in [1.165, 1.54) is 12.0 Å². The van der Waals surface area contributed by atoms with Crippen molar-refractivity contribution in [2.75, 3.05) is 6.26 Å². The number of carbonyl (C=O) groups is 1. The second kappa shape index (κ2) is 3.03. The average molecular weight is 176 g/mol. The molecule has 64 valence electrons. The maximum atomic E-state index is 10.4. The van der Waals surface area contributed by atoms with Crippen molar-refractivity contribution in [2.24, 2.45) is 5.92 Å². The van der Waals surface area contributed by atoms with Gasteiger partial charge in [0.1, 0.15) is 0 Å². The van der Waals surface area contributed by atoms with E-state index in [0.29, 0.717) is 12.8 Å². The zero-order chi connectivity index (χ0) is 8.48. The summed E-state index contributed by atoms with van der Waals surface area (Å²) in [5.41, 5.74) is -0.192. The first-order valence-corrected chi connectivity index (χ1v) is 4.67. The Hall–Kier alpha value is -0.220. The average Bonchev–Trinajstić information content (AvgIpc) is 1.82. The van der Waals surface area contributed by atoms with Gasteiger partial charge in [-0.05, 0) is 31.8 Å². The zero-order valence-corrected chi connectivity index (χ0v) is 7.48. The van der Waals surface area contributed by atoms with E-state index >= 15 is 0 Å². The Balaban J connectivity index is 2.31. The van der Waals surface area contributed by atoms with Gasteiger partial charge in [0.25, 0.3) is 0 Å². The van der Waals surface area contributed by atoms with Crippen LogP contribution in [0, 0.1) is 5.92 Å². The van der Waals surface area contributed by atoms with Crippen molar-refractivity contribution >= 4 is 18.0 Å². The minimum Gasteiger partial charge on any atom is -0.481 e. The third-order valence-electron chi connectivity index (χ3n) is 1.99. The predicted molar refractivity (Wildman–Crippen MR) is 43.4 cm³/mol. The summed E-state index contributed by atoms with van der Waals surface area (Å²) in [4.78, 5) is 10.4. The standard InChI is InChI=1S/C7H12O3S/c1-7(10-11-2)3-5(4-7)6(8)9/h5H,3-4H2,1-2H3,(H,8,9). The fourth-order valence-electron chi connectivity index (χ4n) is 1.43. The molecule has 1 rings (SSSR count). The van der Waals surface area contributed by atoms with Gasteiger partial charge in [0.2, 0.25) is 0 Å². The predicted octanol–water partition coefficient (Wildman–Crippen LogP) is 1.53. The van der Waals surface area contributed by atoms with Crippen LogP contribution in [0.3, 0.4) is 0 Å². The number of rotatable bonds is 3. The number of carboxylic acid groups (broad SMARTS) is 1. The lowest BCUT2D eigenvalue weighted by Crippen LogP contribution is -2.45. The summed E-state index contributed by atoms with van der Waals surface area (Å²) in [6.07, 6.45) is 3.13. The smallest absolute Gasteiger partial charge is 0.306 e. The summed E-state index contributed by atoms with van der Waals surface area (Å²) in [5.74, 6) is -0.890. The van der Waals surface area contributed by atoms with Crippen LogP contribution in [0.5, 0.6) is 0 Å². The summed E-state index contributed by atoms with van der Waals surface area (Å²) >= 11 is 1.31. The van der Waals surface area contributed by atoms with Crippen molar-refractivity contribution in [1.82, 2.24) is 0 Å². The summed E-state index contributed by atoms with van der Waals surface area (Å²) in [7, 11) is 0. The van der Waals surface area contributed by atoms with Gasteiger partial charge in [0.05, 0.1) is 11.5 Å². The Labute approximate surface area is 70.3 Å². The van der Waals surface area contributed by atoms with Crippen LogP contribution < -0.4 is 0 Å². The van der Waals surface area contributed by atoms with Crippen LogP contribution in [-0.2, 0) is 8.98 Å². The van der Waals surface area contributed by atoms with Crippen LogP contribution in [-0.4, -0.2) is 22.9 Å². The highest BCUT2D eigenvalue weighted by atomic mass is 32.2. The summed E-state index contributed by atoms with van der Waals surface area (Å²) < 4.78 is 5.30. The van der Waals surface area contributed by atoms with Gasteiger partial charge in [-0.15, -0.1) is 0 Å². The Morgan fingerprint density at radius 2 is 2.27 bits per heavy atom. The Morgan fingerprint density at radius 3 is 2.64 bits per heavy atom. The van der Waals surface area contributed by atoms with Crippen LogP contribution >= 0.6 is 12.0 Å². The molecule has 0 unspecified atom stereocenters. The molecule has 1 aliphatic rings. The molecule has 0 bridgehead atoms. The van der Waals surface area contributed by atoms with Gasteiger partial charge in [0, 0.05) is 6.26 Å².